The smallest absolute Gasteiger partial charge is 0.243 e. The van der Waals surface area contributed by atoms with E-state index in [4.69, 9.17) is 0 Å². The van der Waals surface area contributed by atoms with E-state index in [2.05, 4.69) is 11.3 Å². The van der Waals surface area contributed by atoms with Crippen LogP contribution in [0.5, 0.6) is 0 Å². The molecule has 0 aromatic heterocycles. The zero-order chi connectivity index (χ0) is 15.3. The number of rotatable bonds is 7. The van der Waals surface area contributed by atoms with Gasteiger partial charge in [0.25, 0.3) is 0 Å². The molecule has 2 N–H and O–H groups in total. The molecule has 0 aliphatic carbocycles. The largest absolute Gasteiger partial charge is 0.387 e. The van der Waals surface area contributed by atoms with Gasteiger partial charge in [-0.1, -0.05) is 38.5 Å². The summed E-state index contributed by atoms with van der Waals surface area (Å²) in [5, 5.41) is 9.86. The lowest BCUT2D eigenvalue weighted by atomic mass is 9.95. The van der Waals surface area contributed by atoms with Gasteiger partial charge in [0.15, 0.2) is 0 Å². The number of hydrogen-bond donors (Lipinski definition) is 2. The first-order chi connectivity index (χ1) is 9.33. The molecule has 1 rings (SSSR count). The Morgan fingerprint density at radius 1 is 1.45 bits per heavy atom. The van der Waals surface area contributed by atoms with Crippen LogP contribution in [-0.2, 0) is 10.0 Å². The minimum absolute atomic E-state index is 0.121. The Morgan fingerprint density at radius 2 is 2.05 bits per heavy atom. The number of sulfonamides is 1. The van der Waals surface area contributed by atoms with Gasteiger partial charge in [-0.3, -0.25) is 0 Å². The molecule has 3 atom stereocenters. The highest BCUT2D eigenvalue weighted by Crippen LogP contribution is 2.18. The molecule has 0 aliphatic rings. The Bertz CT molecular complexity index is 559. The second-order valence-corrected chi connectivity index (χ2v) is 6.37. The van der Waals surface area contributed by atoms with E-state index in [1.165, 1.54) is 24.3 Å². The van der Waals surface area contributed by atoms with Crippen molar-refractivity contribution in [3.05, 3.63) is 42.7 Å². The Morgan fingerprint density at radius 3 is 2.55 bits per heavy atom. The van der Waals surface area contributed by atoms with Gasteiger partial charge in [-0.15, -0.1) is 6.58 Å². The Labute approximate surface area is 119 Å². The molecule has 0 aliphatic heterocycles. The van der Waals surface area contributed by atoms with Crippen LogP contribution in [0.25, 0.3) is 0 Å². The lowest BCUT2D eigenvalue weighted by Crippen LogP contribution is -2.46. The maximum Gasteiger partial charge on any atom is 0.243 e. The first-order valence-electron chi connectivity index (χ1n) is 6.41. The van der Waals surface area contributed by atoms with Crippen molar-refractivity contribution in [2.24, 2.45) is 5.92 Å². The molecule has 0 radical (unpaired) electrons. The molecule has 0 saturated heterocycles. The summed E-state index contributed by atoms with van der Waals surface area (Å²) >= 11 is 0. The van der Waals surface area contributed by atoms with Crippen LogP contribution in [0.2, 0.25) is 0 Å². The van der Waals surface area contributed by atoms with Crippen molar-refractivity contribution >= 4 is 10.0 Å². The molecule has 0 fully saturated rings. The van der Waals surface area contributed by atoms with E-state index >= 15 is 0 Å². The van der Waals surface area contributed by atoms with E-state index in [0.29, 0.717) is 6.42 Å². The van der Waals surface area contributed by atoms with Crippen molar-refractivity contribution in [3.8, 4) is 0 Å². The fourth-order valence-electron chi connectivity index (χ4n) is 1.83. The van der Waals surface area contributed by atoms with E-state index < -0.39 is 32.9 Å². The van der Waals surface area contributed by atoms with Crippen molar-refractivity contribution in [2.45, 2.75) is 37.3 Å². The lowest BCUT2D eigenvalue weighted by molar-refractivity contribution is 0.153. The van der Waals surface area contributed by atoms with E-state index in [9.17, 15) is 17.9 Å². The van der Waals surface area contributed by atoms with Crippen molar-refractivity contribution in [1.29, 1.82) is 0 Å². The summed E-state index contributed by atoms with van der Waals surface area (Å²) in [6, 6.07) is 4.38. The second kappa shape index (κ2) is 6.97. The lowest BCUT2D eigenvalue weighted by Gasteiger charge is -2.27. The van der Waals surface area contributed by atoms with Gasteiger partial charge in [0.05, 0.1) is 12.1 Å². The molecule has 6 heteroatoms. The van der Waals surface area contributed by atoms with Crippen LogP contribution < -0.4 is 4.72 Å². The zero-order valence-corrected chi connectivity index (χ0v) is 12.4. The van der Waals surface area contributed by atoms with Crippen LogP contribution in [0.1, 0.15) is 20.3 Å². The zero-order valence-electron chi connectivity index (χ0n) is 11.6. The number of nitrogens with one attached hydrogen (secondary N) is 1. The highest BCUT2D eigenvalue weighted by molar-refractivity contribution is 7.89. The Balaban J connectivity index is 3.09. The molecule has 1 aromatic rings. The van der Waals surface area contributed by atoms with Crippen LogP contribution in [0.15, 0.2) is 41.8 Å². The highest BCUT2D eigenvalue weighted by Gasteiger charge is 2.29. The quantitative estimate of drug-likeness (QED) is 0.758. The maximum atomic E-state index is 13.6. The molecule has 20 heavy (non-hydrogen) atoms. The van der Waals surface area contributed by atoms with Crippen molar-refractivity contribution in [1.82, 2.24) is 4.72 Å². The molecule has 112 valence electrons. The number of aliphatic hydroxyl groups is 1. The Kier molecular flexibility index (Phi) is 5.86. The van der Waals surface area contributed by atoms with Crippen molar-refractivity contribution < 1.29 is 17.9 Å². The fourth-order valence-corrected chi connectivity index (χ4v) is 3.27. The summed E-state index contributed by atoms with van der Waals surface area (Å²) in [6.45, 7) is 7.15. The van der Waals surface area contributed by atoms with E-state index in [-0.39, 0.29) is 5.92 Å². The molecule has 0 saturated carbocycles. The molecular weight excluding hydrogens is 281 g/mol. The average molecular weight is 301 g/mol. The minimum Gasteiger partial charge on any atom is -0.387 e. The van der Waals surface area contributed by atoms with Crippen molar-refractivity contribution in [2.75, 3.05) is 0 Å². The topological polar surface area (TPSA) is 66.4 Å². The molecule has 0 bridgehead atoms. The molecule has 1 unspecified atom stereocenters. The van der Waals surface area contributed by atoms with Gasteiger partial charge in [-0.05, 0) is 18.1 Å². The average Bonchev–Trinajstić information content (AvgIpc) is 2.43. The third-order valence-electron chi connectivity index (χ3n) is 3.28. The van der Waals surface area contributed by atoms with Gasteiger partial charge in [-0.2, -0.15) is 0 Å². The second-order valence-electron chi connectivity index (χ2n) is 4.69. The first-order valence-corrected chi connectivity index (χ1v) is 7.89. The number of aliphatic hydroxyl groups excluding tert-OH is 1. The van der Waals surface area contributed by atoms with E-state index in [1.807, 2.05) is 6.92 Å². The number of benzene rings is 1. The van der Waals surface area contributed by atoms with Crippen LogP contribution in [0, 0.1) is 11.7 Å². The van der Waals surface area contributed by atoms with Gasteiger partial charge in [0.2, 0.25) is 10.0 Å². The predicted molar refractivity (Wildman–Crippen MR) is 76.2 cm³/mol. The van der Waals surface area contributed by atoms with Gasteiger partial charge in [0.1, 0.15) is 10.7 Å². The van der Waals surface area contributed by atoms with Crippen molar-refractivity contribution in [3.63, 3.8) is 0 Å². The van der Waals surface area contributed by atoms with Gasteiger partial charge in [-0.25, -0.2) is 17.5 Å². The third-order valence-corrected chi connectivity index (χ3v) is 4.78. The molecular formula is C14H20FNO3S. The Hall–Kier alpha value is -1.24. The summed E-state index contributed by atoms with van der Waals surface area (Å²) in [4.78, 5) is -0.426. The van der Waals surface area contributed by atoms with Gasteiger partial charge in [0, 0.05) is 0 Å². The summed E-state index contributed by atoms with van der Waals surface area (Å²) in [6.07, 6.45) is 0.891. The number of halogens is 1. The molecule has 1 aromatic carbocycles. The minimum atomic E-state index is -4.03. The molecule has 0 amide bonds. The summed E-state index contributed by atoms with van der Waals surface area (Å²) in [7, 11) is -4.03. The maximum absolute atomic E-state index is 13.6. The van der Waals surface area contributed by atoms with Gasteiger partial charge >= 0.3 is 0 Å². The summed E-state index contributed by atoms with van der Waals surface area (Å²) in [5.74, 6) is -0.944. The van der Waals surface area contributed by atoms with Crippen LogP contribution in [0.4, 0.5) is 4.39 Å². The standard InChI is InChI=1S/C14H20FNO3S/c1-4-10(3)14(12(17)5-2)16-20(18,19)13-9-7-6-8-11(13)15/h5-10,12,14,16-17H,2,4H2,1,3H3/t10-,12?,14-/m0/s1. The van der Waals surface area contributed by atoms with Crippen LogP contribution in [0.3, 0.4) is 0 Å². The predicted octanol–water partition coefficient (Wildman–Crippen LogP) is 2.07. The van der Waals surface area contributed by atoms with E-state index in [0.717, 1.165) is 6.07 Å². The third kappa shape index (κ3) is 3.88. The SMILES string of the molecule is C=CC(O)[C@@H](NS(=O)(=O)c1ccccc1F)[C@@H](C)CC. The summed E-state index contributed by atoms with van der Waals surface area (Å²) in [5.41, 5.74) is 0. The van der Waals surface area contributed by atoms with Crippen LogP contribution >= 0.6 is 0 Å². The molecule has 0 spiro atoms. The molecule has 0 heterocycles. The van der Waals surface area contributed by atoms with Crippen LogP contribution in [-0.4, -0.2) is 25.7 Å². The number of hydrogen-bond acceptors (Lipinski definition) is 3. The van der Waals surface area contributed by atoms with Gasteiger partial charge < -0.3 is 5.11 Å². The normalized spacial score (nSPS) is 16.4. The summed E-state index contributed by atoms with van der Waals surface area (Å²) < 4.78 is 40.4. The fraction of sp³-hybridized carbons (Fsp3) is 0.429. The van der Waals surface area contributed by atoms with E-state index in [1.54, 1.807) is 6.92 Å². The first kappa shape index (κ1) is 16.8. The monoisotopic (exact) mass is 301 g/mol. The molecule has 4 nitrogen and oxygen atoms in total. The highest BCUT2D eigenvalue weighted by atomic mass is 32.2.